The molecule has 2 N–H and O–H groups in total. The van der Waals surface area contributed by atoms with Crippen molar-refractivity contribution in [1.29, 1.82) is 0 Å². The van der Waals surface area contributed by atoms with E-state index in [0.29, 0.717) is 5.02 Å². The van der Waals surface area contributed by atoms with Crippen LogP contribution in [0.4, 0.5) is 5.69 Å². The molecule has 27 heavy (non-hydrogen) atoms. The van der Waals surface area contributed by atoms with Gasteiger partial charge in [0.05, 0.1) is 16.1 Å². The lowest BCUT2D eigenvalue weighted by Crippen LogP contribution is -2.38. The molecule has 0 saturated carbocycles. The Morgan fingerprint density at radius 3 is 2.56 bits per heavy atom. The van der Waals surface area contributed by atoms with Crippen LogP contribution in [0.2, 0.25) is 5.02 Å². The predicted molar refractivity (Wildman–Crippen MR) is 109 cm³/mol. The number of likely N-dealkylation sites (N-methyl/N-ethyl adjacent to an activating group) is 1. The molecule has 1 aliphatic rings. The Kier molecular flexibility index (Phi) is 7.11. The number of carbonyl (C=O) groups excluding carboxylic acids is 1. The lowest BCUT2D eigenvalue weighted by Gasteiger charge is -2.25. The molecule has 2 aromatic carbocycles. The van der Waals surface area contributed by atoms with Gasteiger partial charge in [-0.3, -0.25) is 9.52 Å². The molecule has 0 bridgehead atoms. The Bertz CT molecular complexity index is 901. The summed E-state index contributed by atoms with van der Waals surface area (Å²) in [5.41, 5.74) is 0.437. The van der Waals surface area contributed by atoms with Gasteiger partial charge < -0.3 is 10.2 Å². The van der Waals surface area contributed by atoms with Gasteiger partial charge in [0.1, 0.15) is 0 Å². The minimum Gasteiger partial charge on any atom is -0.337 e. The van der Waals surface area contributed by atoms with Crippen LogP contribution in [0.1, 0.15) is 16.8 Å². The third-order valence-corrected chi connectivity index (χ3v) is 6.03. The quantitative estimate of drug-likeness (QED) is 0.765. The fraction of sp³-hybridized carbons (Fsp3) is 0.278. The monoisotopic (exact) mass is 429 g/mol. The van der Waals surface area contributed by atoms with Crippen LogP contribution >= 0.6 is 24.0 Å². The Labute approximate surface area is 170 Å². The van der Waals surface area contributed by atoms with Crippen LogP contribution in [-0.4, -0.2) is 45.4 Å². The Morgan fingerprint density at radius 1 is 1.22 bits per heavy atom. The van der Waals surface area contributed by atoms with Crippen molar-refractivity contribution in [2.75, 3.05) is 24.9 Å². The van der Waals surface area contributed by atoms with E-state index in [2.05, 4.69) is 10.0 Å². The van der Waals surface area contributed by atoms with Crippen molar-refractivity contribution in [3.63, 3.8) is 0 Å². The van der Waals surface area contributed by atoms with Crippen molar-refractivity contribution < 1.29 is 13.2 Å². The molecule has 2 aromatic rings. The van der Waals surface area contributed by atoms with Gasteiger partial charge in [-0.15, -0.1) is 12.4 Å². The van der Waals surface area contributed by atoms with E-state index in [1.54, 1.807) is 42.3 Å². The first-order valence-corrected chi connectivity index (χ1v) is 10.1. The van der Waals surface area contributed by atoms with E-state index in [1.165, 1.54) is 18.2 Å². The summed E-state index contributed by atoms with van der Waals surface area (Å²) in [5, 5.41) is 3.56. The first-order valence-electron chi connectivity index (χ1n) is 8.24. The van der Waals surface area contributed by atoms with Gasteiger partial charge in [-0.2, -0.15) is 0 Å². The zero-order valence-corrected chi connectivity index (χ0v) is 17.1. The van der Waals surface area contributed by atoms with Crippen molar-refractivity contribution in [3.8, 4) is 0 Å². The van der Waals surface area contributed by atoms with Crippen LogP contribution in [0, 0.1) is 0 Å². The Balaban J connectivity index is 0.00000261. The second-order valence-electron chi connectivity index (χ2n) is 6.17. The first kappa shape index (κ1) is 21.5. The van der Waals surface area contributed by atoms with Crippen molar-refractivity contribution in [3.05, 3.63) is 59.1 Å². The number of benzene rings is 2. The average molecular weight is 430 g/mol. The SMILES string of the molecule is CN(C(=O)c1ccc(Cl)cc1NS(=O)(=O)c1ccccc1)C1CCNC1.Cl. The smallest absolute Gasteiger partial charge is 0.261 e. The minimum absolute atomic E-state index is 0. The zero-order valence-electron chi connectivity index (χ0n) is 14.7. The molecule has 1 heterocycles. The second-order valence-corrected chi connectivity index (χ2v) is 8.29. The molecule has 3 rings (SSSR count). The Hall–Kier alpha value is -1.80. The molecule has 0 radical (unpaired) electrons. The molecule has 0 aliphatic carbocycles. The fourth-order valence-electron chi connectivity index (χ4n) is 2.92. The van der Waals surface area contributed by atoms with E-state index in [-0.39, 0.29) is 40.5 Å². The number of nitrogens with zero attached hydrogens (tertiary/aromatic N) is 1. The van der Waals surface area contributed by atoms with E-state index in [9.17, 15) is 13.2 Å². The molecule has 6 nitrogen and oxygen atoms in total. The van der Waals surface area contributed by atoms with E-state index < -0.39 is 10.0 Å². The normalized spacial score (nSPS) is 16.4. The number of rotatable bonds is 5. The number of carbonyl (C=O) groups is 1. The molecular weight excluding hydrogens is 409 g/mol. The van der Waals surface area contributed by atoms with Gasteiger partial charge >= 0.3 is 0 Å². The average Bonchev–Trinajstić information content (AvgIpc) is 3.16. The van der Waals surface area contributed by atoms with Crippen LogP contribution < -0.4 is 10.0 Å². The van der Waals surface area contributed by atoms with Crippen LogP contribution in [-0.2, 0) is 10.0 Å². The molecule has 0 aromatic heterocycles. The molecule has 9 heteroatoms. The lowest BCUT2D eigenvalue weighted by molar-refractivity contribution is 0.0745. The third-order valence-electron chi connectivity index (χ3n) is 4.41. The molecule has 1 aliphatic heterocycles. The van der Waals surface area contributed by atoms with Crippen molar-refractivity contribution in [1.82, 2.24) is 10.2 Å². The topological polar surface area (TPSA) is 78.5 Å². The number of hydrogen-bond donors (Lipinski definition) is 2. The van der Waals surface area contributed by atoms with Gasteiger partial charge in [-0.25, -0.2) is 8.42 Å². The molecule has 146 valence electrons. The minimum atomic E-state index is -3.82. The molecular formula is C18H21Cl2N3O3S. The summed E-state index contributed by atoms with van der Waals surface area (Å²) in [7, 11) is -2.10. The van der Waals surface area contributed by atoms with Crippen molar-refractivity contribution in [2.45, 2.75) is 17.4 Å². The van der Waals surface area contributed by atoms with E-state index in [4.69, 9.17) is 11.6 Å². The van der Waals surface area contributed by atoms with Crippen LogP contribution in [0.5, 0.6) is 0 Å². The van der Waals surface area contributed by atoms with E-state index in [0.717, 1.165) is 19.5 Å². The van der Waals surface area contributed by atoms with E-state index >= 15 is 0 Å². The van der Waals surface area contributed by atoms with Crippen LogP contribution in [0.15, 0.2) is 53.4 Å². The highest BCUT2D eigenvalue weighted by atomic mass is 35.5. The fourth-order valence-corrected chi connectivity index (χ4v) is 4.18. The molecule has 1 saturated heterocycles. The standard InChI is InChI=1S/C18H20ClN3O3S.ClH/c1-22(14-9-10-20-12-14)18(23)16-8-7-13(19)11-17(16)21-26(24,25)15-5-3-2-4-6-15;/h2-8,11,14,20-21H,9-10,12H2,1H3;1H. The van der Waals surface area contributed by atoms with E-state index in [1.807, 2.05) is 0 Å². The largest absolute Gasteiger partial charge is 0.337 e. The highest BCUT2D eigenvalue weighted by Crippen LogP contribution is 2.26. The van der Waals surface area contributed by atoms with Crippen LogP contribution in [0.25, 0.3) is 0 Å². The number of amides is 1. The van der Waals surface area contributed by atoms with Gasteiger partial charge in [0.25, 0.3) is 15.9 Å². The number of sulfonamides is 1. The second kappa shape index (κ2) is 8.93. The molecule has 0 spiro atoms. The Morgan fingerprint density at radius 2 is 1.93 bits per heavy atom. The number of halogens is 2. The highest BCUT2D eigenvalue weighted by molar-refractivity contribution is 7.92. The highest BCUT2D eigenvalue weighted by Gasteiger charge is 2.27. The number of nitrogens with one attached hydrogen (secondary N) is 2. The number of anilines is 1. The first-order chi connectivity index (χ1) is 12.4. The van der Waals surface area contributed by atoms with Gasteiger partial charge in [-0.05, 0) is 43.3 Å². The maximum atomic E-state index is 12.9. The van der Waals surface area contributed by atoms with Crippen molar-refractivity contribution in [2.24, 2.45) is 0 Å². The summed E-state index contributed by atoms with van der Waals surface area (Å²) in [6, 6.07) is 12.7. The third kappa shape index (κ3) is 4.93. The summed E-state index contributed by atoms with van der Waals surface area (Å²) in [4.78, 5) is 14.7. The predicted octanol–water partition coefficient (Wildman–Crippen LogP) is 3.00. The summed E-state index contributed by atoms with van der Waals surface area (Å²) in [6.45, 7) is 1.58. The zero-order chi connectivity index (χ0) is 18.7. The lowest BCUT2D eigenvalue weighted by atomic mass is 10.1. The molecule has 1 unspecified atom stereocenters. The van der Waals surface area contributed by atoms with Crippen LogP contribution in [0.3, 0.4) is 0 Å². The number of hydrogen-bond acceptors (Lipinski definition) is 4. The van der Waals surface area contributed by atoms with Gasteiger partial charge in [0, 0.05) is 24.7 Å². The van der Waals surface area contributed by atoms with Crippen molar-refractivity contribution >= 4 is 45.6 Å². The summed E-state index contributed by atoms with van der Waals surface area (Å²) >= 11 is 6.03. The summed E-state index contributed by atoms with van der Waals surface area (Å²) < 4.78 is 27.7. The maximum absolute atomic E-state index is 12.9. The van der Waals surface area contributed by atoms with Gasteiger partial charge in [0.15, 0.2) is 0 Å². The molecule has 1 fully saturated rings. The van der Waals surface area contributed by atoms with Gasteiger partial charge in [-0.1, -0.05) is 29.8 Å². The van der Waals surface area contributed by atoms with Gasteiger partial charge in [0.2, 0.25) is 0 Å². The maximum Gasteiger partial charge on any atom is 0.261 e. The molecule has 1 amide bonds. The summed E-state index contributed by atoms with van der Waals surface area (Å²) in [5.74, 6) is -0.249. The molecule has 1 atom stereocenters. The summed E-state index contributed by atoms with van der Waals surface area (Å²) in [6.07, 6.45) is 0.862.